The molecule has 0 fully saturated rings. The van der Waals surface area contributed by atoms with E-state index in [1.807, 2.05) is 0 Å². The standard InChI is InChI=1S/C63H116O5/c1-4-7-10-13-16-19-22-25-28-30-31-32-33-34-36-38-41-44-47-50-53-56-62(64)67-60-61(59-66-58-55-52-49-46-43-40-37-29-26-23-20-17-14-11-8-5-2)68-63(65)57-54-51-48-45-42-39-35-27-24-21-18-15-12-9-6-3/h9,12,18,21,25,27-28,35,61H,4-8,10-11,13-17,19-20,22-24,26,29-34,36-60H2,1-3H3/b12-9-,21-18-,28-25-,35-27-/t61-/m1/s1. The van der Waals surface area contributed by atoms with Crippen LogP contribution in [0.25, 0.3) is 0 Å². The number of allylic oxidation sites excluding steroid dienone is 8. The van der Waals surface area contributed by atoms with Crippen molar-refractivity contribution in [3.05, 3.63) is 48.6 Å². The van der Waals surface area contributed by atoms with Crippen molar-refractivity contribution in [1.82, 2.24) is 0 Å². The van der Waals surface area contributed by atoms with Gasteiger partial charge in [0, 0.05) is 19.4 Å². The van der Waals surface area contributed by atoms with E-state index < -0.39 is 6.10 Å². The molecule has 0 aliphatic carbocycles. The number of rotatable bonds is 56. The van der Waals surface area contributed by atoms with Crippen LogP contribution in [0.2, 0.25) is 0 Å². The molecule has 5 heteroatoms. The highest BCUT2D eigenvalue weighted by atomic mass is 16.6. The van der Waals surface area contributed by atoms with E-state index in [0.717, 1.165) is 64.2 Å². The topological polar surface area (TPSA) is 61.8 Å². The van der Waals surface area contributed by atoms with E-state index in [4.69, 9.17) is 14.2 Å². The summed E-state index contributed by atoms with van der Waals surface area (Å²) in [5.74, 6) is -0.400. The van der Waals surface area contributed by atoms with Crippen molar-refractivity contribution in [2.24, 2.45) is 0 Å². The van der Waals surface area contributed by atoms with Crippen molar-refractivity contribution in [2.45, 2.75) is 322 Å². The molecule has 0 aliphatic rings. The minimum Gasteiger partial charge on any atom is -0.462 e. The molecule has 0 rings (SSSR count). The number of esters is 2. The first kappa shape index (κ1) is 65.9. The van der Waals surface area contributed by atoms with E-state index in [-0.39, 0.29) is 25.2 Å². The summed E-state index contributed by atoms with van der Waals surface area (Å²) in [5, 5.41) is 0. The first-order chi connectivity index (χ1) is 33.6. The van der Waals surface area contributed by atoms with Crippen LogP contribution in [0.1, 0.15) is 316 Å². The summed E-state index contributed by atoms with van der Waals surface area (Å²) < 4.78 is 17.5. The van der Waals surface area contributed by atoms with E-state index in [0.29, 0.717) is 19.4 Å². The largest absolute Gasteiger partial charge is 0.462 e. The SMILES string of the molecule is CC/C=C\C/C=C\C/C=C\CCCCCCCC(=O)O[C@H](COCCCCCCCCCCCCCCCCCC)COC(=O)CCCCCCCCCCCCC/C=C\CCCCCCCC. The lowest BCUT2D eigenvalue weighted by Crippen LogP contribution is -2.30. The molecule has 0 bridgehead atoms. The number of unbranched alkanes of at least 4 members (excludes halogenated alkanes) is 37. The van der Waals surface area contributed by atoms with Crippen molar-refractivity contribution in [2.75, 3.05) is 19.8 Å². The van der Waals surface area contributed by atoms with Crippen LogP contribution in [0.4, 0.5) is 0 Å². The lowest BCUT2D eigenvalue weighted by Gasteiger charge is -2.18. The van der Waals surface area contributed by atoms with Crippen molar-refractivity contribution >= 4 is 11.9 Å². The van der Waals surface area contributed by atoms with Crippen LogP contribution in [-0.4, -0.2) is 37.9 Å². The molecule has 5 nitrogen and oxygen atoms in total. The van der Waals surface area contributed by atoms with Gasteiger partial charge in [0.25, 0.3) is 0 Å². The van der Waals surface area contributed by atoms with Gasteiger partial charge in [-0.2, -0.15) is 0 Å². The highest BCUT2D eigenvalue weighted by Crippen LogP contribution is 2.16. The van der Waals surface area contributed by atoms with E-state index in [9.17, 15) is 9.59 Å². The normalized spacial score (nSPS) is 12.5. The lowest BCUT2D eigenvalue weighted by molar-refractivity contribution is -0.163. The van der Waals surface area contributed by atoms with Gasteiger partial charge < -0.3 is 14.2 Å². The van der Waals surface area contributed by atoms with Gasteiger partial charge >= 0.3 is 11.9 Å². The maximum Gasteiger partial charge on any atom is 0.306 e. The Balaban J connectivity index is 4.22. The maximum atomic E-state index is 12.9. The van der Waals surface area contributed by atoms with Crippen LogP contribution < -0.4 is 0 Å². The molecule has 0 aromatic rings. The molecule has 0 heterocycles. The molecule has 0 unspecified atom stereocenters. The molecule has 0 aliphatic heterocycles. The van der Waals surface area contributed by atoms with E-state index in [2.05, 4.69) is 69.4 Å². The third-order valence-electron chi connectivity index (χ3n) is 13.3. The Labute approximate surface area is 424 Å². The Bertz CT molecular complexity index is 1120. The zero-order valence-corrected chi connectivity index (χ0v) is 45.9. The molecule has 0 saturated heterocycles. The molecule has 0 spiro atoms. The van der Waals surface area contributed by atoms with Crippen molar-refractivity contribution in [1.29, 1.82) is 0 Å². The molecule has 1 atom stereocenters. The number of ether oxygens (including phenoxy) is 3. The van der Waals surface area contributed by atoms with Crippen LogP contribution in [-0.2, 0) is 23.8 Å². The smallest absolute Gasteiger partial charge is 0.306 e. The van der Waals surface area contributed by atoms with E-state index >= 15 is 0 Å². The van der Waals surface area contributed by atoms with Crippen LogP contribution in [0.5, 0.6) is 0 Å². The fraction of sp³-hybridized carbons (Fsp3) is 0.841. The number of hydrogen-bond donors (Lipinski definition) is 0. The van der Waals surface area contributed by atoms with Gasteiger partial charge in [0.1, 0.15) is 6.61 Å². The number of hydrogen-bond acceptors (Lipinski definition) is 5. The Morgan fingerprint density at radius 3 is 1.07 bits per heavy atom. The predicted molar refractivity (Wildman–Crippen MR) is 298 cm³/mol. The zero-order chi connectivity index (χ0) is 49.2. The molecular weight excluding hydrogens is 837 g/mol. The summed E-state index contributed by atoms with van der Waals surface area (Å²) in [6.07, 6.45) is 74.3. The van der Waals surface area contributed by atoms with Crippen LogP contribution >= 0.6 is 0 Å². The van der Waals surface area contributed by atoms with Gasteiger partial charge in [-0.3, -0.25) is 9.59 Å². The Morgan fingerprint density at radius 2 is 0.662 bits per heavy atom. The van der Waals surface area contributed by atoms with Crippen molar-refractivity contribution < 1.29 is 23.8 Å². The van der Waals surface area contributed by atoms with Gasteiger partial charge in [-0.15, -0.1) is 0 Å². The van der Waals surface area contributed by atoms with E-state index in [1.54, 1.807) is 0 Å². The minimum atomic E-state index is -0.543. The van der Waals surface area contributed by atoms with Crippen LogP contribution in [0, 0.1) is 0 Å². The van der Waals surface area contributed by atoms with Gasteiger partial charge in [0.15, 0.2) is 6.10 Å². The summed E-state index contributed by atoms with van der Waals surface area (Å²) >= 11 is 0. The molecule has 398 valence electrons. The summed E-state index contributed by atoms with van der Waals surface area (Å²) in [7, 11) is 0. The highest BCUT2D eigenvalue weighted by molar-refractivity contribution is 5.70. The molecule has 0 aromatic heterocycles. The van der Waals surface area contributed by atoms with Crippen LogP contribution in [0.3, 0.4) is 0 Å². The Kier molecular flexibility index (Phi) is 57.3. The summed E-state index contributed by atoms with van der Waals surface area (Å²) in [5.41, 5.74) is 0. The first-order valence-corrected chi connectivity index (χ1v) is 30.2. The Morgan fingerprint density at radius 1 is 0.338 bits per heavy atom. The van der Waals surface area contributed by atoms with Crippen molar-refractivity contribution in [3.63, 3.8) is 0 Å². The average molecular weight is 954 g/mol. The predicted octanol–water partition coefficient (Wildman–Crippen LogP) is 20.7. The number of carbonyl (C=O) groups excluding carboxylic acids is 2. The summed E-state index contributed by atoms with van der Waals surface area (Å²) in [6, 6.07) is 0. The summed E-state index contributed by atoms with van der Waals surface area (Å²) in [4.78, 5) is 25.5. The second-order valence-corrected chi connectivity index (χ2v) is 20.2. The van der Waals surface area contributed by atoms with Crippen LogP contribution in [0.15, 0.2) is 48.6 Å². The molecule has 0 saturated carbocycles. The van der Waals surface area contributed by atoms with Crippen molar-refractivity contribution in [3.8, 4) is 0 Å². The molecule has 0 amide bonds. The zero-order valence-electron chi connectivity index (χ0n) is 45.9. The second kappa shape index (κ2) is 59.2. The van der Waals surface area contributed by atoms with E-state index in [1.165, 1.54) is 218 Å². The fourth-order valence-corrected chi connectivity index (χ4v) is 8.88. The van der Waals surface area contributed by atoms with Gasteiger partial charge in [-0.25, -0.2) is 0 Å². The second-order valence-electron chi connectivity index (χ2n) is 20.2. The monoisotopic (exact) mass is 953 g/mol. The van der Waals surface area contributed by atoms with Gasteiger partial charge in [0.2, 0.25) is 0 Å². The quantitative estimate of drug-likeness (QED) is 0.0345. The van der Waals surface area contributed by atoms with Gasteiger partial charge in [0.05, 0.1) is 6.61 Å². The summed E-state index contributed by atoms with van der Waals surface area (Å²) in [6.45, 7) is 7.76. The average Bonchev–Trinajstić information content (AvgIpc) is 3.34. The minimum absolute atomic E-state index is 0.0820. The molecule has 0 aromatic carbocycles. The lowest BCUT2D eigenvalue weighted by atomic mass is 10.0. The number of carbonyl (C=O) groups is 2. The molecule has 0 N–H and O–H groups in total. The Hall–Kier alpha value is -2.14. The highest BCUT2D eigenvalue weighted by Gasteiger charge is 2.17. The van der Waals surface area contributed by atoms with Gasteiger partial charge in [-0.05, 0) is 77.0 Å². The van der Waals surface area contributed by atoms with Gasteiger partial charge in [-0.1, -0.05) is 275 Å². The third-order valence-corrected chi connectivity index (χ3v) is 13.3. The molecule has 0 radical (unpaired) electrons. The first-order valence-electron chi connectivity index (χ1n) is 30.2. The third kappa shape index (κ3) is 56.4. The molecule has 68 heavy (non-hydrogen) atoms. The maximum absolute atomic E-state index is 12.9. The molecular formula is C63H116O5. The fourth-order valence-electron chi connectivity index (χ4n) is 8.88.